The van der Waals surface area contributed by atoms with E-state index in [1.807, 2.05) is 30.5 Å². The summed E-state index contributed by atoms with van der Waals surface area (Å²) in [6.07, 6.45) is 1.92. The van der Waals surface area contributed by atoms with Gasteiger partial charge in [0.05, 0.1) is 11.5 Å². The Labute approximate surface area is 150 Å². The van der Waals surface area contributed by atoms with Gasteiger partial charge in [-0.3, -0.25) is 14.9 Å². The van der Waals surface area contributed by atoms with Gasteiger partial charge in [0.1, 0.15) is 0 Å². The first kappa shape index (κ1) is 16.1. The molecule has 1 N–H and O–H groups in total. The standard InChI is InChI=1S/C20H17N3O3/c1-13-10-14(6-7-18(13)23(25)26)20(24)16-8-9-22-12-15-4-2-3-5-17(15)21-11-19(16)22/h2-10,21H,11-12H2,1H3. The van der Waals surface area contributed by atoms with Gasteiger partial charge in [0.2, 0.25) is 0 Å². The van der Waals surface area contributed by atoms with Crippen molar-refractivity contribution in [2.24, 2.45) is 0 Å². The molecule has 0 radical (unpaired) electrons. The molecule has 1 aromatic heterocycles. The third-order valence-corrected chi connectivity index (χ3v) is 4.78. The number of carbonyl (C=O) groups is 1. The van der Waals surface area contributed by atoms with Gasteiger partial charge in [-0.25, -0.2) is 0 Å². The summed E-state index contributed by atoms with van der Waals surface area (Å²) in [6.45, 7) is 2.90. The molecule has 0 aliphatic carbocycles. The Morgan fingerprint density at radius 3 is 2.77 bits per heavy atom. The number of benzene rings is 2. The van der Waals surface area contributed by atoms with Crippen LogP contribution in [0.25, 0.3) is 0 Å². The molecule has 0 fully saturated rings. The number of nitrogens with zero attached hydrogens (tertiary/aromatic N) is 2. The Kier molecular flexibility index (Phi) is 3.80. The van der Waals surface area contributed by atoms with E-state index >= 15 is 0 Å². The number of aromatic nitrogens is 1. The van der Waals surface area contributed by atoms with Gasteiger partial charge in [0.25, 0.3) is 5.69 Å². The van der Waals surface area contributed by atoms with Crippen LogP contribution in [0.3, 0.4) is 0 Å². The number of rotatable bonds is 3. The summed E-state index contributed by atoms with van der Waals surface area (Å²) in [4.78, 5) is 23.5. The van der Waals surface area contributed by atoms with Crippen LogP contribution in [-0.4, -0.2) is 15.3 Å². The topological polar surface area (TPSA) is 77.2 Å². The number of nitrogens with one attached hydrogen (secondary N) is 1. The van der Waals surface area contributed by atoms with E-state index in [2.05, 4.69) is 16.0 Å². The molecule has 0 atom stereocenters. The quantitative estimate of drug-likeness (QED) is 0.443. The summed E-state index contributed by atoms with van der Waals surface area (Å²) in [5, 5.41) is 14.4. The Morgan fingerprint density at radius 1 is 1.19 bits per heavy atom. The summed E-state index contributed by atoms with van der Waals surface area (Å²) in [6, 6.07) is 14.4. The van der Waals surface area contributed by atoms with Crippen molar-refractivity contribution in [2.45, 2.75) is 20.0 Å². The molecular formula is C20H17N3O3. The lowest BCUT2D eigenvalue weighted by Gasteiger charge is -2.08. The molecule has 1 aliphatic heterocycles. The maximum Gasteiger partial charge on any atom is 0.272 e. The summed E-state index contributed by atoms with van der Waals surface area (Å²) < 4.78 is 2.07. The second kappa shape index (κ2) is 6.15. The zero-order chi connectivity index (χ0) is 18.3. The number of nitro benzene ring substituents is 1. The van der Waals surface area contributed by atoms with Gasteiger partial charge in [-0.2, -0.15) is 0 Å². The van der Waals surface area contributed by atoms with E-state index in [1.165, 1.54) is 17.7 Å². The van der Waals surface area contributed by atoms with E-state index in [0.717, 1.165) is 11.4 Å². The summed E-state index contributed by atoms with van der Waals surface area (Å²) >= 11 is 0. The zero-order valence-corrected chi connectivity index (χ0v) is 14.2. The predicted molar refractivity (Wildman–Crippen MR) is 98.6 cm³/mol. The predicted octanol–water partition coefficient (Wildman–Crippen LogP) is 3.91. The number of anilines is 1. The van der Waals surface area contributed by atoms with E-state index in [4.69, 9.17) is 0 Å². The minimum Gasteiger partial charge on any atom is -0.379 e. The normalized spacial score (nSPS) is 12.5. The van der Waals surface area contributed by atoms with Crippen LogP contribution >= 0.6 is 0 Å². The molecule has 1 aliphatic rings. The largest absolute Gasteiger partial charge is 0.379 e. The lowest BCUT2D eigenvalue weighted by molar-refractivity contribution is -0.385. The van der Waals surface area contributed by atoms with Crippen LogP contribution < -0.4 is 5.32 Å². The number of carbonyl (C=O) groups excluding carboxylic acids is 1. The Bertz CT molecular complexity index is 1040. The van der Waals surface area contributed by atoms with Crippen molar-refractivity contribution in [1.82, 2.24) is 4.57 Å². The third kappa shape index (κ3) is 2.65. The smallest absolute Gasteiger partial charge is 0.272 e. The number of hydrogen-bond donors (Lipinski definition) is 1. The minimum atomic E-state index is -0.435. The lowest BCUT2D eigenvalue weighted by Crippen LogP contribution is -2.10. The first-order valence-corrected chi connectivity index (χ1v) is 8.34. The van der Waals surface area contributed by atoms with Crippen molar-refractivity contribution in [3.63, 3.8) is 0 Å². The van der Waals surface area contributed by atoms with Crippen LogP contribution in [-0.2, 0) is 13.1 Å². The van der Waals surface area contributed by atoms with Gasteiger partial charge in [-0.1, -0.05) is 18.2 Å². The molecule has 0 bridgehead atoms. The van der Waals surface area contributed by atoms with E-state index in [1.54, 1.807) is 13.0 Å². The Morgan fingerprint density at radius 2 is 2.00 bits per heavy atom. The molecule has 26 heavy (non-hydrogen) atoms. The average Bonchev–Trinajstić information content (AvgIpc) is 2.93. The second-order valence-electron chi connectivity index (χ2n) is 6.40. The monoisotopic (exact) mass is 347 g/mol. The van der Waals surface area contributed by atoms with Crippen molar-refractivity contribution in [3.8, 4) is 0 Å². The fourth-order valence-electron chi connectivity index (χ4n) is 3.41. The number of aryl methyl sites for hydroxylation is 1. The average molecular weight is 347 g/mol. The molecule has 0 spiro atoms. The molecule has 6 nitrogen and oxygen atoms in total. The van der Waals surface area contributed by atoms with Gasteiger partial charge < -0.3 is 9.88 Å². The first-order valence-electron chi connectivity index (χ1n) is 8.34. The van der Waals surface area contributed by atoms with Crippen LogP contribution in [0, 0.1) is 17.0 Å². The number of fused-ring (bicyclic) bond motifs is 2. The highest BCUT2D eigenvalue weighted by Gasteiger charge is 2.22. The SMILES string of the molecule is Cc1cc(C(=O)c2ccn3c2CNc2ccccc2C3)ccc1[N+](=O)[O-]. The molecule has 6 heteroatoms. The molecule has 4 rings (SSSR count). The van der Waals surface area contributed by atoms with Gasteiger partial charge in [0, 0.05) is 46.9 Å². The van der Waals surface area contributed by atoms with Crippen LogP contribution in [0.15, 0.2) is 54.7 Å². The maximum absolute atomic E-state index is 13.0. The van der Waals surface area contributed by atoms with Crippen LogP contribution in [0.1, 0.15) is 32.7 Å². The highest BCUT2D eigenvalue weighted by molar-refractivity contribution is 6.10. The van der Waals surface area contributed by atoms with Gasteiger partial charge in [-0.15, -0.1) is 0 Å². The van der Waals surface area contributed by atoms with Gasteiger partial charge in [-0.05, 0) is 36.8 Å². The summed E-state index contributed by atoms with van der Waals surface area (Å²) in [5.74, 6) is -0.121. The molecule has 2 heterocycles. The molecular weight excluding hydrogens is 330 g/mol. The fourth-order valence-corrected chi connectivity index (χ4v) is 3.41. The van der Waals surface area contributed by atoms with E-state index < -0.39 is 4.92 Å². The highest BCUT2D eigenvalue weighted by Crippen LogP contribution is 2.27. The molecule has 0 saturated heterocycles. The van der Waals surface area contributed by atoms with E-state index in [0.29, 0.717) is 29.8 Å². The minimum absolute atomic E-state index is 0.0226. The van der Waals surface area contributed by atoms with Crippen LogP contribution in [0.4, 0.5) is 11.4 Å². The Hall–Kier alpha value is -3.41. The van der Waals surface area contributed by atoms with Crippen molar-refractivity contribution in [2.75, 3.05) is 5.32 Å². The van der Waals surface area contributed by atoms with E-state index in [-0.39, 0.29) is 11.5 Å². The van der Waals surface area contributed by atoms with E-state index in [9.17, 15) is 14.9 Å². The molecule has 0 saturated carbocycles. The van der Waals surface area contributed by atoms with Crippen LogP contribution in [0.5, 0.6) is 0 Å². The number of para-hydroxylation sites is 1. The summed E-state index contributed by atoms with van der Waals surface area (Å²) in [7, 11) is 0. The number of hydrogen-bond acceptors (Lipinski definition) is 4. The summed E-state index contributed by atoms with van der Waals surface area (Å²) in [5.41, 5.74) is 4.75. The fraction of sp³-hybridized carbons (Fsp3) is 0.150. The van der Waals surface area contributed by atoms with Crippen molar-refractivity contribution in [1.29, 1.82) is 0 Å². The third-order valence-electron chi connectivity index (χ3n) is 4.78. The zero-order valence-electron chi connectivity index (χ0n) is 14.2. The maximum atomic E-state index is 13.0. The molecule has 2 aromatic carbocycles. The van der Waals surface area contributed by atoms with Gasteiger partial charge >= 0.3 is 0 Å². The van der Waals surface area contributed by atoms with Crippen LogP contribution in [0.2, 0.25) is 0 Å². The van der Waals surface area contributed by atoms with Gasteiger partial charge in [0.15, 0.2) is 5.78 Å². The molecule has 130 valence electrons. The van der Waals surface area contributed by atoms with Crippen molar-refractivity contribution >= 4 is 17.2 Å². The molecule has 3 aromatic rings. The highest BCUT2D eigenvalue weighted by atomic mass is 16.6. The van der Waals surface area contributed by atoms with Crippen molar-refractivity contribution in [3.05, 3.63) is 92.8 Å². The molecule has 0 amide bonds. The first-order chi connectivity index (χ1) is 12.5. The lowest BCUT2D eigenvalue weighted by atomic mass is 10.0. The Balaban J connectivity index is 1.69. The van der Waals surface area contributed by atoms with Crippen molar-refractivity contribution < 1.29 is 9.72 Å². The second-order valence-corrected chi connectivity index (χ2v) is 6.40. The number of nitro groups is 1. The number of ketones is 1. The molecule has 0 unspecified atom stereocenters.